The highest BCUT2D eigenvalue weighted by atomic mass is 19.1. The van der Waals surface area contributed by atoms with Gasteiger partial charge in [0, 0.05) is 12.7 Å². The van der Waals surface area contributed by atoms with Crippen LogP contribution in [-0.4, -0.2) is 24.7 Å². The third-order valence-corrected chi connectivity index (χ3v) is 2.97. The molecule has 18 heavy (non-hydrogen) atoms. The van der Waals surface area contributed by atoms with Crippen molar-refractivity contribution >= 4 is 11.6 Å². The van der Waals surface area contributed by atoms with E-state index in [-0.39, 0.29) is 11.3 Å². The molecule has 1 aliphatic heterocycles. The molecule has 2 rings (SSSR count). The van der Waals surface area contributed by atoms with Gasteiger partial charge in [-0.05, 0) is 19.4 Å². The minimum atomic E-state index is -0.929. The zero-order valence-electron chi connectivity index (χ0n) is 9.93. The zero-order chi connectivity index (χ0) is 13.3. The van der Waals surface area contributed by atoms with Crippen molar-refractivity contribution < 1.29 is 18.3 Å². The molecule has 0 saturated carbocycles. The Hall–Kier alpha value is -1.69. The van der Waals surface area contributed by atoms with Gasteiger partial charge in [-0.3, -0.25) is 4.79 Å². The molecule has 0 aliphatic carbocycles. The quantitative estimate of drug-likeness (QED) is 0.787. The van der Waals surface area contributed by atoms with Crippen molar-refractivity contribution in [3.05, 3.63) is 29.3 Å². The Morgan fingerprint density at radius 2 is 2.17 bits per heavy atom. The summed E-state index contributed by atoms with van der Waals surface area (Å²) in [6.45, 7) is 2.73. The van der Waals surface area contributed by atoms with Gasteiger partial charge in [-0.15, -0.1) is 0 Å². The average molecular weight is 256 g/mol. The predicted octanol–water partition coefficient (Wildman–Crippen LogP) is 1.46. The lowest BCUT2D eigenvalue weighted by atomic mass is 10.0. The van der Waals surface area contributed by atoms with Crippen molar-refractivity contribution in [2.45, 2.75) is 18.9 Å². The molecule has 1 aliphatic rings. The van der Waals surface area contributed by atoms with Crippen molar-refractivity contribution in [2.24, 2.45) is 0 Å². The summed E-state index contributed by atoms with van der Waals surface area (Å²) in [6.07, 6.45) is 0.650. The number of nitrogens with one attached hydrogen (secondary N) is 1. The summed E-state index contributed by atoms with van der Waals surface area (Å²) in [5.41, 5.74) is 4.28. The molecule has 1 heterocycles. The first kappa shape index (κ1) is 12.8. The molecule has 1 aromatic rings. The van der Waals surface area contributed by atoms with Crippen molar-refractivity contribution in [1.29, 1.82) is 0 Å². The number of carbonyl (C=O) groups is 1. The number of amides is 1. The lowest BCUT2D eigenvalue weighted by molar-refractivity contribution is 0.0885. The van der Waals surface area contributed by atoms with Crippen LogP contribution < -0.4 is 11.1 Å². The molecule has 3 N–H and O–H groups in total. The van der Waals surface area contributed by atoms with Crippen LogP contribution in [0.4, 0.5) is 14.5 Å². The highest BCUT2D eigenvalue weighted by molar-refractivity contribution is 5.95. The van der Waals surface area contributed by atoms with Crippen molar-refractivity contribution in [1.82, 2.24) is 5.32 Å². The van der Waals surface area contributed by atoms with Gasteiger partial charge in [0.1, 0.15) is 11.6 Å². The fraction of sp³-hybridized carbons (Fsp3) is 0.417. The Balaban J connectivity index is 2.21. The number of carbonyl (C=O) groups excluding carboxylic acids is 1. The maximum absolute atomic E-state index is 13.5. The van der Waals surface area contributed by atoms with Gasteiger partial charge in [0.25, 0.3) is 5.91 Å². The number of nitrogens with two attached hydrogens (primary N) is 1. The van der Waals surface area contributed by atoms with Crippen LogP contribution >= 0.6 is 0 Å². The summed E-state index contributed by atoms with van der Waals surface area (Å²) < 4.78 is 31.7. The Labute approximate surface area is 103 Å². The maximum atomic E-state index is 13.5. The van der Waals surface area contributed by atoms with Gasteiger partial charge in [0.15, 0.2) is 0 Å². The standard InChI is InChI=1S/C12H14F2N2O2/c1-12(2-3-18-6-12)16-11(17)7-4-10(15)9(14)5-8(7)13/h4-5H,2-3,6,15H2,1H3,(H,16,17). The molecule has 1 amide bonds. The van der Waals surface area contributed by atoms with Crippen molar-refractivity contribution in [2.75, 3.05) is 18.9 Å². The minimum absolute atomic E-state index is 0.255. The van der Waals surface area contributed by atoms with Crippen LogP contribution in [0.5, 0.6) is 0 Å². The molecular weight excluding hydrogens is 242 g/mol. The molecule has 0 bridgehead atoms. The lowest BCUT2D eigenvalue weighted by Crippen LogP contribution is -2.46. The Kier molecular flexibility index (Phi) is 3.21. The second-order valence-corrected chi connectivity index (χ2v) is 4.67. The highest BCUT2D eigenvalue weighted by Gasteiger charge is 2.32. The zero-order valence-corrected chi connectivity index (χ0v) is 9.93. The van der Waals surface area contributed by atoms with Crippen LogP contribution in [0.25, 0.3) is 0 Å². The van der Waals surface area contributed by atoms with E-state index < -0.39 is 23.1 Å². The summed E-state index contributed by atoms with van der Waals surface area (Å²) in [5, 5.41) is 2.68. The van der Waals surface area contributed by atoms with E-state index in [1.165, 1.54) is 0 Å². The second-order valence-electron chi connectivity index (χ2n) is 4.67. The molecule has 0 radical (unpaired) electrons. The maximum Gasteiger partial charge on any atom is 0.254 e. The van der Waals surface area contributed by atoms with Crippen LogP contribution in [-0.2, 0) is 4.74 Å². The number of hydrogen-bond acceptors (Lipinski definition) is 3. The molecule has 1 atom stereocenters. The van der Waals surface area contributed by atoms with Gasteiger partial charge < -0.3 is 15.8 Å². The third-order valence-electron chi connectivity index (χ3n) is 2.97. The van der Waals surface area contributed by atoms with E-state index >= 15 is 0 Å². The van der Waals surface area contributed by atoms with Gasteiger partial charge >= 0.3 is 0 Å². The lowest BCUT2D eigenvalue weighted by Gasteiger charge is -2.23. The van der Waals surface area contributed by atoms with E-state index in [4.69, 9.17) is 10.5 Å². The van der Waals surface area contributed by atoms with Gasteiger partial charge in [0.05, 0.1) is 23.4 Å². The van der Waals surface area contributed by atoms with Crippen LogP contribution in [0.1, 0.15) is 23.7 Å². The SMILES string of the molecule is CC1(NC(=O)c2cc(N)c(F)cc2F)CCOC1. The third kappa shape index (κ3) is 2.43. The molecular formula is C12H14F2N2O2. The fourth-order valence-corrected chi connectivity index (χ4v) is 1.85. The predicted molar refractivity (Wildman–Crippen MR) is 62.1 cm³/mol. The molecule has 6 heteroatoms. The first-order valence-corrected chi connectivity index (χ1v) is 5.56. The second kappa shape index (κ2) is 4.53. The summed E-state index contributed by atoms with van der Waals surface area (Å²) in [4.78, 5) is 11.9. The van der Waals surface area contributed by atoms with Crippen molar-refractivity contribution in [3.8, 4) is 0 Å². The normalized spacial score (nSPS) is 23.1. The van der Waals surface area contributed by atoms with Crippen LogP contribution in [0.3, 0.4) is 0 Å². The molecule has 4 nitrogen and oxygen atoms in total. The van der Waals surface area contributed by atoms with Gasteiger partial charge in [-0.2, -0.15) is 0 Å². The Morgan fingerprint density at radius 1 is 1.44 bits per heavy atom. The number of hydrogen-bond donors (Lipinski definition) is 2. The van der Waals surface area contributed by atoms with E-state index in [1.54, 1.807) is 0 Å². The van der Waals surface area contributed by atoms with E-state index in [1.807, 2.05) is 6.92 Å². The van der Waals surface area contributed by atoms with E-state index in [2.05, 4.69) is 5.32 Å². The number of ether oxygens (including phenoxy) is 1. The largest absolute Gasteiger partial charge is 0.396 e. The summed E-state index contributed by atoms with van der Waals surface area (Å²) in [5.74, 6) is -2.42. The van der Waals surface area contributed by atoms with E-state index in [0.717, 1.165) is 6.07 Å². The summed E-state index contributed by atoms with van der Waals surface area (Å²) >= 11 is 0. The molecule has 0 aromatic heterocycles. The van der Waals surface area contributed by atoms with E-state index in [0.29, 0.717) is 25.7 Å². The number of anilines is 1. The average Bonchev–Trinajstić information content (AvgIpc) is 2.70. The van der Waals surface area contributed by atoms with Gasteiger partial charge in [-0.25, -0.2) is 8.78 Å². The minimum Gasteiger partial charge on any atom is -0.396 e. The van der Waals surface area contributed by atoms with Gasteiger partial charge in [0.2, 0.25) is 0 Å². The first-order chi connectivity index (χ1) is 8.41. The summed E-state index contributed by atoms with van der Waals surface area (Å²) in [6, 6.07) is 1.61. The molecule has 1 fully saturated rings. The summed E-state index contributed by atoms with van der Waals surface area (Å²) in [7, 11) is 0. The monoisotopic (exact) mass is 256 g/mol. The fourth-order valence-electron chi connectivity index (χ4n) is 1.85. The van der Waals surface area contributed by atoms with Crippen LogP contribution in [0.15, 0.2) is 12.1 Å². The Bertz CT molecular complexity index is 485. The topological polar surface area (TPSA) is 64.4 Å². The molecule has 98 valence electrons. The van der Waals surface area contributed by atoms with Gasteiger partial charge in [-0.1, -0.05) is 0 Å². The van der Waals surface area contributed by atoms with Crippen molar-refractivity contribution in [3.63, 3.8) is 0 Å². The van der Waals surface area contributed by atoms with E-state index in [9.17, 15) is 13.6 Å². The van der Waals surface area contributed by atoms with Crippen LogP contribution in [0.2, 0.25) is 0 Å². The highest BCUT2D eigenvalue weighted by Crippen LogP contribution is 2.21. The number of benzene rings is 1. The number of rotatable bonds is 2. The molecule has 0 spiro atoms. The molecule has 1 unspecified atom stereocenters. The molecule has 1 saturated heterocycles. The molecule has 1 aromatic carbocycles. The number of halogens is 2. The van der Waals surface area contributed by atoms with Crippen LogP contribution in [0, 0.1) is 11.6 Å². The number of nitrogen functional groups attached to an aromatic ring is 1. The smallest absolute Gasteiger partial charge is 0.254 e. The Morgan fingerprint density at radius 3 is 2.78 bits per heavy atom. The first-order valence-electron chi connectivity index (χ1n) is 5.56.